The van der Waals surface area contributed by atoms with E-state index in [1.54, 1.807) is 30.3 Å². The van der Waals surface area contributed by atoms with E-state index in [4.69, 9.17) is 4.74 Å². The van der Waals surface area contributed by atoms with Crippen LogP contribution in [0.4, 0.5) is 8.78 Å². The van der Waals surface area contributed by atoms with Gasteiger partial charge in [0.05, 0.1) is 12.8 Å². The Hall–Kier alpha value is -2.15. The Morgan fingerprint density at radius 3 is 2.61 bits per heavy atom. The van der Waals surface area contributed by atoms with Crippen molar-refractivity contribution in [2.24, 2.45) is 5.92 Å². The number of carbonyl (C=O) groups is 1. The summed E-state index contributed by atoms with van der Waals surface area (Å²) < 4.78 is 32.9. The molecule has 0 bridgehead atoms. The third kappa shape index (κ3) is 4.14. The third-order valence-corrected chi connectivity index (χ3v) is 5.88. The number of rotatable bonds is 7. The number of hydrogen-bond donors (Lipinski definition) is 1. The van der Waals surface area contributed by atoms with E-state index in [9.17, 15) is 18.7 Å². The van der Waals surface area contributed by atoms with Crippen molar-refractivity contribution in [2.45, 2.75) is 50.3 Å². The molecular weight excluding hydrogens is 366 g/mol. The van der Waals surface area contributed by atoms with Gasteiger partial charge in [-0.25, -0.2) is 13.6 Å². The van der Waals surface area contributed by atoms with E-state index in [0.29, 0.717) is 18.5 Å². The lowest BCUT2D eigenvalue weighted by Crippen LogP contribution is -2.44. The summed E-state index contributed by atoms with van der Waals surface area (Å²) in [6, 6.07) is 8.28. The first-order valence-electron chi connectivity index (χ1n) is 9.73. The third-order valence-electron chi connectivity index (χ3n) is 5.88. The van der Waals surface area contributed by atoms with Gasteiger partial charge < -0.3 is 19.6 Å². The van der Waals surface area contributed by atoms with Gasteiger partial charge in [-0.05, 0) is 25.3 Å². The van der Waals surface area contributed by atoms with Crippen molar-refractivity contribution < 1.29 is 23.4 Å². The van der Waals surface area contributed by atoms with Crippen molar-refractivity contribution in [1.29, 1.82) is 0 Å². The van der Waals surface area contributed by atoms with E-state index in [0.717, 1.165) is 0 Å². The Morgan fingerprint density at radius 1 is 1.32 bits per heavy atom. The minimum Gasteiger partial charge on any atom is -0.463 e. The zero-order chi connectivity index (χ0) is 20.4. The minimum atomic E-state index is -2.86. The van der Waals surface area contributed by atoms with Crippen molar-refractivity contribution >= 4 is 5.97 Å². The van der Waals surface area contributed by atoms with Gasteiger partial charge in [0, 0.05) is 44.8 Å². The minimum absolute atomic E-state index is 0.0793. The zero-order valence-electron chi connectivity index (χ0n) is 16.4. The largest absolute Gasteiger partial charge is 0.463 e. The number of halogens is 2. The van der Waals surface area contributed by atoms with Gasteiger partial charge >= 0.3 is 5.97 Å². The number of benzene rings is 1. The molecule has 2 aliphatic rings. The lowest BCUT2D eigenvalue weighted by Gasteiger charge is -2.32. The van der Waals surface area contributed by atoms with Crippen molar-refractivity contribution in [3.05, 3.63) is 48.3 Å². The molecule has 0 amide bonds. The normalized spacial score (nSPS) is 25.8. The molecule has 28 heavy (non-hydrogen) atoms. The molecule has 3 atom stereocenters. The molecule has 0 saturated heterocycles. The van der Waals surface area contributed by atoms with Gasteiger partial charge in [-0.1, -0.05) is 30.3 Å². The molecule has 1 N–H and O–H groups in total. The fourth-order valence-electron chi connectivity index (χ4n) is 3.98. The van der Waals surface area contributed by atoms with Crippen LogP contribution in [0.2, 0.25) is 0 Å². The number of esters is 1. The number of hydrogen-bond acceptors (Lipinski definition) is 5. The Balaban J connectivity index is 1.64. The van der Waals surface area contributed by atoms with Crippen LogP contribution in [0.25, 0.3) is 0 Å². The topological polar surface area (TPSA) is 53.0 Å². The van der Waals surface area contributed by atoms with Gasteiger partial charge in [-0.2, -0.15) is 0 Å². The second-order valence-electron chi connectivity index (χ2n) is 7.75. The van der Waals surface area contributed by atoms with Crippen molar-refractivity contribution in [3.63, 3.8) is 0 Å². The highest BCUT2D eigenvalue weighted by atomic mass is 19.3. The summed E-state index contributed by atoms with van der Waals surface area (Å²) in [4.78, 5) is 17.0. The SMILES string of the molecule is CC1N(C)C=CN1CCCOC(=O)[C@](O)(c1ccccc1)[C@H]1CCC(F)(F)C1. The average Bonchev–Trinajstić information content (AvgIpc) is 3.21. The van der Waals surface area contributed by atoms with Crippen LogP contribution in [0.15, 0.2) is 42.7 Å². The highest BCUT2D eigenvalue weighted by Crippen LogP contribution is 2.47. The molecule has 1 heterocycles. The average molecular weight is 394 g/mol. The van der Waals surface area contributed by atoms with Crippen LogP contribution in [-0.2, 0) is 15.1 Å². The first kappa shape index (κ1) is 20.6. The van der Waals surface area contributed by atoms with Crippen molar-refractivity contribution in [3.8, 4) is 0 Å². The molecule has 0 radical (unpaired) electrons. The van der Waals surface area contributed by atoms with Crippen LogP contribution in [0.5, 0.6) is 0 Å². The van der Waals surface area contributed by atoms with Gasteiger partial charge in [0.2, 0.25) is 5.92 Å². The molecule has 1 aromatic rings. The maximum absolute atomic E-state index is 13.8. The summed E-state index contributed by atoms with van der Waals surface area (Å²) in [6.45, 7) is 2.89. The number of carbonyl (C=O) groups excluding carboxylic acids is 1. The van der Waals surface area contributed by atoms with Crippen molar-refractivity contribution in [2.75, 3.05) is 20.2 Å². The molecule has 154 valence electrons. The molecule has 3 rings (SSSR count). The molecule has 0 aromatic heterocycles. The molecule has 1 aromatic carbocycles. The summed E-state index contributed by atoms with van der Waals surface area (Å²) >= 11 is 0. The fourth-order valence-corrected chi connectivity index (χ4v) is 3.98. The summed E-state index contributed by atoms with van der Waals surface area (Å²) in [5.74, 6) is -4.58. The molecule has 1 fully saturated rings. The van der Waals surface area contributed by atoms with E-state index in [-0.39, 0.29) is 25.6 Å². The summed E-state index contributed by atoms with van der Waals surface area (Å²) in [5.41, 5.74) is -1.75. The van der Waals surface area contributed by atoms with Crippen molar-refractivity contribution in [1.82, 2.24) is 9.80 Å². The van der Waals surface area contributed by atoms with Crippen LogP contribution in [0.3, 0.4) is 0 Å². The number of nitrogens with zero attached hydrogens (tertiary/aromatic N) is 2. The molecule has 1 unspecified atom stereocenters. The number of ether oxygens (including phenoxy) is 1. The van der Waals surface area contributed by atoms with E-state index < -0.39 is 29.8 Å². The number of alkyl halides is 2. The van der Waals surface area contributed by atoms with E-state index in [1.165, 1.54) is 0 Å². The zero-order valence-corrected chi connectivity index (χ0v) is 16.4. The molecule has 7 heteroatoms. The van der Waals surface area contributed by atoms with E-state index in [2.05, 4.69) is 16.7 Å². The summed E-state index contributed by atoms with van der Waals surface area (Å²) in [5, 5.41) is 11.2. The predicted molar refractivity (Wildman–Crippen MR) is 101 cm³/mol. The molecule has 1 saturated carbocycles. The molecule has 1 aliphatic heterocycles. The maximum atomic E-state index is 13.8. The maximum Gasteiger partial charge on any atom is 0.343 e. The van der Waals surface area contributed by atoms with Crippen LogP contribution in [0.1, 0.15) is 38.2 Å². The van der Waals surface area contributed by atoms with E-state index >= 15 is 0 Å². The second kappa shape index (κ2) is 8.07. The van der Waals surface area contributed by atoms with Crippen LogP contribution >= 0.6 is 0 Å². The Bertz CT molecular complexity index is 713. The van der Waals surface area contributed by atoms with Crippen LogP contribution < -0.4 is 0 Å². The fraction of sp³-hybridized carbons (Fsp3) is 0.571. The highest BCUT2D eigenvalue weighted by molar-refractivity contribution is 5.81. The lowest BCUT2D eigenvalue weighted by molar-refractivity contribution is -0.175. The van der Waals surface area contributed by atoms with Gasteiger partial charge in [0.15, 0.2) is 5.60 Å². The molecule has 5 nitrogen and oxygen atoms in total. The first-order valence-corrected chi connectivity index (χ1v) is 9.73. The Kier molecular flexibility index (Phi) is 5.93. The van der Waals surface area contributed by atoms with Gasteiger partial charge in [0.1, 0.15) is 0 Å². The van der Waals surface area contributed by atoms with Gasteiger partial charge in [-0.15, -0.1) is 0 Å². The predicted octanol–water partition coefficient (Wildman–Crippen LogP) is 3.31. The standard InChI is InChI=1S/C21H28F2N2O3/c1-16-24(2)12-13-25(16)11-6-14-28-19(26)21(27,17-7-4-3-5-8-17)18-9-10-20(22,23)15-18/h3-5,7-8,12-13,16,18,27H,6,9-11,14-15H2,1-2H3/t16?,18-,21-/m0/s1. The summed E-state index contributed by atoms with van der Waals surface area (Å²) in [6.07, 6.45) is 4.01. The lowest BCUT2D eigenvalue weighted by atomic mass is 9.80. The first-order chi connectivity index (χ1) is 13.2. The number of aliphatic hydroxyl groups is 1. The Labute approximate surface area is 164 Å². The molecule has 0 spiro atoms. The Morgan fingerprint density at radius 2 is 2.04 bits per heavy atom. The molecule has 1 aliphatic carbocycles. The quantitative estimate of drug-likeness (QED) is 0.568. The van der Waals surface area contributed by atoms with E-state index in [1.807, 2.05) is 19.4 Å². The summed E-state index contributed by atoms with van der Waals surface area (Å²) in [7, 11) is 1.98. The monoisotopic (exact) mass is 394 g/mol. The van der Waals surface area contributed by atoms with Crippen LogP contribution in [-0.4, -0.2) is 53.2 Å². The molecular formula is C21H28F2N2O3. The van der Waals surface area contributed by atoms with Gasteiger partial charge in [-0.3, -0.25) is 0 Å². The smallest absolute Gasteiger partial charge is 0.343 e. The second-order valence-corrected chi connectivity index (χ2v) is 7.75. The van der Waals surface area contributed by atoms with Crippen LogP contribution in [0, 0.1) is 5.92 Å². The highest BCUT2D eigenvalue weighted by Gasteiger charge is 2.54. The van der Waals surface area contributed by atoms with Gasteiger partial charge in [0.25, 0.3) is 0 Å².